The van der Waals surface area contributed by atoms with Crippen LogP contribution >= 0.6 is 11.3 Å². The number of aromatic nitrogens is 2. The molecule has 0 spiro atoms. The molecule has 3 N–H and O–H groups in total. The molecule has 0 aliphatic carbocycles. The minimum absolute atomic E-state index is 0.0311. The standard InChI is InChI=1S/C16H12N4O2S/c21-15-7-9-6-10(3-4-11(9)18-15)17-16(22)13-8-12(19-20-13)14-2-1-5-23-14/h1-6,8H,7H2,(H,17,22)(H,18,21)(H,19,20). The van der Waals surface area contributed by atoms with E-state index in [-0.39, 0.29) is 11.8 Å². The zero-order chi connectivity index (χ0) is 15.8. The van der Waals surface area contributed by atoms with Crippen molar-refractivity contribution in [1.29, 1.82) is 0 Å². The van der Waals surface area contributed by atoms with E-state index in [9.17, 15) is 9.59 Å². The van der Waals surface area contributed by atoms with Crippen LogP contribution in [0.3, 0.4) is 0 Å². The number of benzene rings is 1. The molecule has 4 rings (SSSR count). The van der Waals surface area contributed by atoms with Gasteiger partial charge >= 0.3 is 0 Å². The van der Waals surface area contributed by atoms with Gasteiger partial charge in [-0.25, -0.2) is 0 Å². The highest BCUT2D eigenvalue weighted by molar-refractivity contribution is 7.13. The average molecular weight is 324 g/mol. The van der Waals surface area contributed by atoms with Crippen LogP contribution in [0, 0.1) is 0 Å². The zero-order valence-corrected chi connectivity index (χ0v) is 12.7. The fraction of sp³-hybridized carbons (Fsp3) is 0.0625. The van der Waals surface area contributed by atoms with E-state index in [1.165, 1.54) is 0 Å². The van der Waals surface area contributed by atoms with Gasteiger partial charge in [-0.2, -0.15) is 5.10 Å². The van der Waals surface area contributed by atoms with Crippen LogP contribution < -0.4 is 10.6 Å². The van der Waals surface area contributed by atoms with E-state index in [4.69, 9.17) is 0 Å². The lowest BCUT2D eigenvalue weighted by atomic mass is 10.1. The second-order valence-electron chi connectivity index (χ2n) is 5.20. The number of amides is 2. The molecule has 0 saturated heterocycles. The van der Waals surface area contributed by atoms with Crippen molar-refractivity contribution in [2.24, 2.45) is 0 Å². The smallest absolute Gasteiger partial charge is 0.276 e. The highest BCUT2D eigenvalue weighted by Crippen LogP contribution is 2.27. The molecule has 0 radical (unpaired) electrons. The van der Waals surface area contributed by atoms with Crippen LogP contribution in [-0.2, 0) is 11.2 Å². The number of H-pyrrole nitrogens is 1. The first-order valence-electron chi connectivity index (χ1n) is 7.02. The summed E-state index contributed by atoms with van der Waals surface area (Å²) in [4.78, 5) is 24.7. The Morgan fingerprint density at radius 3 is 3.00 bits per heavy atom. The maximum atomic E-state index is 12.3. The SMILES string of the molecule is O=C1Cc2cc(NC(=O)c3cc(-c4cccs4)[nH]n3)ccc2N1. The maximum absolute atomic E-state index is 12.3. The molecule has 114 valence electrons. The van der Waals surface area contributed by atoms with Crippen molar-refractivity contribution < 1.29 is 9.59 Å². The molecule has 1 aliphatic rings. The van der Waals surface area contributed by atoms with Crippen molar-refractivity contribution in [2.75, 3.05) is 10.6 Å². The first-order valence-corrected chi connectivity index (χ1v) is 7.90. The molecule has 7 heteroatoms. The predicted octanol–water partition coefficient (Wildman–Crippen LogP) is 2.89. The number of thiophene rings is 1. The van der Waals surface area contributed by atoms with Gasteiger partial charge in [0.25, 0.3) is 5.91 Å². The third kappa shape index (κ3) is 2.62. The minimum atomic E-state index is -0.290. The number of carbonyl (C=O) groups is 2. The number of nitrogens with one attached hydrogen (secondary N) is 3. The molecule has 3 heterocycles. The van der Waals surface area contributed by atoms with Crippen molar-refractivity contribution in [3.8, 4) is 10.6 Å². The molecule has 6 nitrogen and oxygen atoms in total. The third-order valence-electron chi connectivity index (χ3n) is 3.59. The van der Waals surface area contributed by atoms with Crippen molar-refractivity contribution >= 4 is 34.5 Å². The van der Waals surface area contributed by atoms with Crippen LogP contribution in [0.25, 0.3) is 10.6 Å². The second-order valence-corrected chi connectivity index (χ2v) is 6.14. The topological polar surface area (TPSA) is 86.9 Å². The third-order valence-corrected chi connectivity index (χ3v) is 4.49. The highest BCUT2D eigenvalue weighted by Gasteiger charge is 2.18. The van der Waals surface area contributed by atoms with E-state index < -0.39 is 0 Å². The van der Waals surface area contributed by atoms with E-state index >= 15 is 0 Å². The molecule has 0 saturated carbocycles. The van der Waals surface area contributed by atoms with Crippen molar-refractivity contribution in [3.05, 3.63) is 53.0 Å². The fourth-order valence-corrected chi connectivity index (χ4v) is 3.19. The summed E-state index contributed by atoms with van der Waals surface area (Å²) in [7, 11) is 0. The van der Waals surface area contributed by atoms with Gasteiger partial charge in [0, 0.05) is 11.4 Å². The Morgan fingerprint density at radius 1 is 1.26 bits per heavy atom. The molecule has 0 fully saturated rings. The molecule has 23 heavy (non-hydrogen) atoms. The van der Waals surface area contributed by atoms with Gasteiger partial charge in [-0.1, -0.05) is 6.07 Å². The van der Waals surface area contributed by atoms with Crippen molar-refractivity contribution in [3.63, 3.8) is 0 Å². The van der Waals surface area contributed by atoms with Gasteiger partial charge in [0.1, 0.15) is 0 Å². The number of anilines is 2. The minimum Gasteiger partial charge on any atom is -0.326 e. The van der Waals surface area contributed by atoms with Gasteiger partial charge in [-0.3, -0.25) is 14.7 Å². The number of carbonyl (C=O) groups excluding carboxylic acids is 2. The lowest BCUT2D eigenvalue weighted by Crippen LogP contribution is -2.12. The van der Waals surface area contributed by atoms with Gasteiger partial charge in [0.15, 0.2) is 5.69 Å². The molecular formula is C16H12N4O2S. The quantitative estimate of drug-likeness (QED) is 0.692. The Morgan fingerprint density at radius 2 is 2.17 bits per heavy atom. The maximum Gasteiger partial charge on any atom is 0.276 e. The number of fused-ring (bicyclic) bond motifs is 1. The normalized spacial score (nSPS) is 12.8. The van der Waals surface area contributed by atoms with Crippen LogP contribution in [0.15, 0.2) is 41.8 Å². The van der Waals surface area contributed by atoms with E-state index in [0.717, 1.165) is 21.8 Å². The summed E-state index contributed by atoms with van der Waals surface area (Å²) in [5.74, 6) is -0.322. The predicted molar refractivity (Wildman–Crippen MR) is 88.6 cm³/mol. The average Bonchev–Trinajstić information content (AvgIpc) is 3.26. The summed E-state index contributed by atoms with van der Waals surface area (Å²) in [5.41, 5.74) is 3.46. The van der Waals surface area contributed by atoms with Crippen molar-refractivity contribution in [2.45, 2.75) is 6.42 Å². The van der Waals surface area contributed by atoms with Gasteiger partial charge in [-0.15, -0.1) is 11.3 Å². The molecule has 0 atom stereocenters. The summed E-state index contributed by atoms with van der Waals surface area (Å²) >= 11 is 1.58. The van der Waals surface area contributed by atoms with Gasteiger partial charge in [0.05, 0.1) is 17.0 Å². The zero-order valence-electron chi connectivity index (χ0n) is 11.9. The van der Waals surface area contributed by atoms with Crippen LogP contribution in [-0.4, -0.2) is 22.0 Å². The molecular weight excluding hydrogens is 312 g/mol. The lowest BCUT2D eigenvalue weighted by molar-refractivity contribution is -0.115. The van der Waals surface area contributed by atoms with Crippen LogP contribution in [0.5, 0.6) is 0 Å². The molecule has 3 aromatic rings. The number of nitrogens with zero attached hydrogens (tertiary/aromatic N) is 1. The summed E-state index contributed by atoms with van der Waals surface area (Å²) in [6.45, 7) is 0. The van der Waals surface area contributed by atoms with Crippen molar-refractivity contribution in [1.82, 2.24) is 10.2 Å². The molecule has 2 amide bonds. The van der Waals surface area contributed by atoms with E-state index in [1.54, 1.807) is 35.6 Å². The Hall–Kier alpha value is -2.93. The number of hydrogen-bond donors (Lipinski definition) is 3. The Kier molecular flexibility index (Phi) is 3.20. The van der Waals surface area contributed by atoms with Crippen LogP contribution in [0.1, 0.15) is 16.1 Å². The number of hydrogen-bond acceptors (Lipinski definition) is 4. The fourth-order valence-electron chi connectivity index (χ4n) is 2.50. The highest BCUT2D eigenvalue weighted by atomic mass is 32.1. The first kappa shape index (κ1) is 13.7. The van der Waals surface area contributed by atoms with E-state index in [0.29, 0.717) is 17.8 Å². The van der Waals surface area contributed by atoms with E-state index in [2.05, 4.69) is 20.8 Å². The van der Waals surface area contributed by atoms with Crippen LogP contribution in [0.2, 0.25) is 0 Å². The van der Waals surface area contributed by atoms with Gasteiger partial charge < -0.3 is 10.6 Å². The molecule has 1 aliphatic heterocycles. The first-order chi connectivity index (χ1) is 11.2. The van der Waals surface area contributed by atoms with E-state index in [1.807, 2.05) is 17.5 Å². The summed E-state index contributed by atoms with van der Waals surface area (Å²) in [6.07, 6.45) is 0.337. The summed E-state index contributed by atoms with van der Waals surface area (Å²) in [6, 6.07) is 11.0. The molecule has 0 bridgehead atoms. The van der Waals surface area contributed by atoms with Gasteiger partial charge in [0.2, 0.25) is 5.91 Å². The lowest BCUT2D eigenvalue weighted by Gasteiger charge is -2.05. The molecule has 1 aromatic carbocycles. The summed E-state index contributed by atoms with van der Waals surface area (Å²) in [5, 5.41) is 14.5. The Balaban J connectivity index is 1.52. The van der Waals surface area contributed by atoms with Crippen LogP contribution in [0.4, 0.5) is 11.4 Å². The second kappa shape index (κ2) is 5.36. The Labute approximate surface area is 135 Å². The molecule has 2 aromatic heterocycles. The van der Waals surface area contributed by atoms with Gasteiger partial charge in [-0.05, 0) is 41.3 Å². The molecule has 0 unspecified atom stereocenters. The monoisotopic (exact) mass is 324 g/mol. The number of rotatable bonds is 3. The Bertz CT molecular complexity index is 899. The number of aromatic amines is 1. The largest absolute Gasteiger partial charge is 0.326 e. The summed E-state index contributed by atoms with van der Waals surface area (Å²) < 4.78 is 0.